The van der Waals surface area contributed by atoms with Crippen molar-refractivity contribution in [1.82, 2.24) is 19.6 Å². The zero-order valence-corrected chi connectivity index (χ0v) is 17.7. The van der Waals surface area contributed by atoms with Crippen molar-refractivity contribution >= 4 is 17.6 Å². The van der Waals surface area contributed by atoms with E-state index in [1.165, 1.54) is 26.6 Å². The number of fused-ring (bicyclic) bond motifs is 3. The number of nitriles is 1. The number of likely N-dealkylation sites (N-methyl/N-ethyl adjacent to an activating group) is 1. The number of alkyl halides is 2. The maximum atomic E-state index is 13.5. The predicted octanol–water partition coefficient (Wildman–Crippen LogP) is 2.22. The summed E-state index contributed by atoms with van der Waals surface area (Å²) in [5.41, 5.74) is 1.65. The van der Waals surface area contributed by atoms with Crippen LogP contribution < -0.4 is 5.32 Å². The Kier molecular flexibility index (Phi) is 6.24. The summed E-state index contributed by atoms with van der Waals surface area (Å²) in [6, 6.07) is 4.95. The van der Waals surface area contributed by atoms with Crippen molar-refractivity contribution in [3.63, 3.8) is 0 Å². The summed E-state index contributed by atoms with van der Waals surface area (Å²) in [6.45, 7) is -0.000736. The van der Waals surface area contributed by atoms with E-state index in [9.17, 15) is 22.8 Å². The molecule has 2 aliphatic rings. The molecule has 9 nitrogen and oxygen atoms in total. The molecule has 0 fully saturated rings. The summed E-state index contributed by atoms with van der Waals surface area (Å²) in [5.74, 6) is -1.01. The predicted molar refractivity (Wildman–Crippen MR) is 109 cm³/mol. The molecule has 2 aromatic rings. The van der Waals surface area contributed by atoms with E-state index < -0.39 is 31.0 Å². The van der Waals surface area contributed by atoms with Crippen LogP contribution in [0.3, 0.4) is 0 Å². The van der Waals surface area contributed by atoms with Gasteiger partial charge in [0.25, 0.3) is 12.3 Å². The second-order valence-corrected chi connectivity index (χ2v) is 7.90. The van der Waals surface area contributed by atoms with Gasteiger partial charge in [-0.1, -0.05) is 0 Å². The van der Waals surface area contributed by atoms with E-state index in [0.29, 0.717) is 29.9 Å². The average Bonchev–Trinajstić information content (AvgIpc) is 3.09. The van der Waals surface area contributed by atoms with Gasteiger partial charge in [-0.3, -0.25) is 9.48 Å². The van der Waals surface area contributed by atoms with Crippen molar-refractivity contribution in [2.45, 2.75) is 32.0 Å². The van der Waals surface area contributed by atoms with Gasteiger partial charge in [-0.05, 0) is 18.2 Å². The lowest BCUT2D eigenvalue weighted by Gasteiger charge is -2.27. The van der Waals surface area contributed by atoms with E-state index >= 15 is 0 Å². The summed E-state index contributed by atoms with van der Waals surface area (Å²) in [7, 11) is 1.56. The summed E-state index contributed by atoms with van der Waals surface area (Å²) in [5, 5.41) is 16.1. The summed E-state index contributed by atoms with van der Waals surface area (Å²) < 4.78 is 45.4. The molecule has 0 saturated carbocycles. The Balaban J connectivity index is 1.53. The highest BCUT2D eigenvalue weighted by Gasteiger charge is 2.35. The highest BCUT2D eigenvalue weighted by Crippen LogP contribution is 2.26. The molecule has 3 heterocycles. The topological polar surface area (TPSA) is 103 Å². The summed E-state index contributed by atoms with van der Waals surface area (Å²) in [6.07, 6.45) is -2.85. The van der Waals surface area contributed by atoms with Gasteiger partial charge in [-0.25, -0.2) is 18.0 Å². The smallest absolute Gasteiger partial charge is 0.322 e. The molecule has 0 spiro atoms. The molecule has 3 amide bonds. The highest BCUT2D eigenvalue weighted by atomic mass is 19.3. The van der Waals surface area contributed by atoms with Gasteiger partial charge in [0.1, 0.15) is 24.2 Å². The number of benzene rings is 1. The molecule has 1 N–H and O–H groups in total. The molecule has 0 aliphatic carbocycles. The van der Waals surface area contributed by atoms with E-state index in [2.05, 4.69) is 10.4 Å². The lowest BCUT2D eigenvalue weighted by molar-refractivity contribution is -0.0362. The van der Waals surface area contributed by atoms with Crippen molar-refractivity contribution in [1.29, 1.82) is 5.26 Å². The van der Waals surface area contributed by atoms with E-state index in [1.54, 1.807) is 13.1 Å². The molecule has 1 unspecified atom stereocenters. The third-order valence-corrected chi connectivity index (χ3v) is 5.59. The minimum atomic E-state index is -2.61. The Hall–Kier alpha value is -3.59. The van der Waals surface area contributed by atoms with Crippen LogP contribution >= 0.6 is 0 Å². The Morgan fingerprint density at radius 1 is 1.39 bits per heavy atom. The fraction of sp³-hybridized carbons (Fsp3) is 0.429. The van der Waals surface area contributed by atoms with Crippen molar-refractivity contribution < 1.29 is 27.5 Å². The average molecular weight is 462 g/mol. The molecule has 1 aromatic carbocycles. The number of amides is 3. The lowest BCUT2D eigenvalue weighted by Crippen LogP contribution is -2.40. The van der Waals surface area contributed by atoms with Crippen LogP contribution in [0.25, 0.3) is 0 Å². The number of nitrogens with zero attached hydrogens (tertiary/aromatic N) is 5. The zero-order valence-electron chi connectivity index (χ0n) is 17.7. The van der Waals surface area contributed by atoms with Gasteiger partial charge in [-0.2, -0.15) is 10.4 Å². The Bertz CT molecular complexity index is 1130. The van der Waals surface area contributed by atoms with Crippen molar-refractivity contribution in [2.75, 3.05) is 32.1 Å². The highest BCUT2D eigenvalue weighted by molar-refractivity contribution is 5.95. The van der Waals surface area contributed by atoms with Crippen molar-refractivity contribution in [3.8, 4) is 6.07 Å². The number of urea groups is 1. The van der Waals surface area contributed by atoms with Crippen LogP contribution in [0.1, 0.15) is 27.3 Å². The summed E-state index contributed by atoms with van der Waals surface area (Å²) >= 11 is 0. The van der Waals surface area contributed by atoms with Crippen LogP contribution in [0.4, 0.5) is 23.7 Å². The molecule has 0 saturated heterocycles. The number of halogens is 3. The van der Waals surface area contributed by atoms with E-state index in [1.807, 2.05) is 0 Å². The SMILES string of the molecule is CN1CC(OCC(F)F)Cn2nc3c(c2C1=O)CN(C(=O)Nc1ccc(F)c(C#N)c1)CC3. The van der Waals surface area contributed by atoms with E-state index in [-0.39, 0.29) is 36.8 Å². The Morgan fingerprint density at radius 3 is 2.91 bits per heavy atom. The van der Waals surface area contributed by atoms with Crippen molar-refractivity contribution in [2.24, 2.45) is 0 Å². The van der Waals surface area contributed by atoms with Crippen LogP contribution in [0, 0.1) is 17.1 Å². The van der Waals surface area contributed by atoms with Gasteiger partial charge >= 0.3 is 6.03 Å². The van der Waals surface area contributed by atoms with Crippen LogP contribution in [0.15, 0.2) is 18.2 Å². The molecule has 2 aliphatic heterocycles. The number of hydrogen-bond acceptors (Lipinski definition) is 5. The van der Waals surface area contributed by atoms with Gasteiger partial charge in [0, 0.05) is 37.8 Å². The normalized spacial score (nSPS) is 17.9. The second-order valence-electron chi connectivity index (χ2n) is 7.90. The molecule has 1 aromatic heterocycles. The van der Waals surface area contributed by atoms with Crippen LogP contribution in [0.2, 0.25) is 0 Å². The maximum absolute atomic E-state index is 13.5. The van der Waals surface area contributed by atoms with Gasteiger partial charge in [0.15, 0.2) is 0 Å². The minimum Gasteiger partial charge on any atom is -0.369 e. The van der Waals surface area contributed by atoms with Gasteiger partial charge in [0.05, 0.1) is 30.5 Å². The first kappa shape index (κ1) is 22.6. The molecule has 0 radical (unpaired) electrons. The summed E-state index contributed by atoms with van der Waals surface area (Å²) in [4.78, 5) is 28.7. The standard InChI is InChI=1S/C21H21F3N6O3/c1-28-8-14(33-11-18(23)24)9-30-19(20(28)31)15-10-29(5-4-17(15)27-30)21(32)26-13-2-3-16(22)12(6-13)7-25/h2-3,6,14,18H,4-5,8-11H2,1H3,(H,26,32). The third kappa shape index (κ3) is 4.63. The third-order valence-electron chi connectivity index (χ3n) is 5.59. The lowest BCUT2D eigenvalue weighted by atomic mass is 10.0. The van der Waals surface area contributed by atoms with Gasteiger partial charge in [-0.15, -0.1) is 0 Å². The number of nitrogens with one attached hydrogen (secondary N) is 1. The molecule has 1 atom stereocenters. The number of anilines is 1. The van der Waals surface area contributed by atoms with E-state index in [4.69, 9.17) is 10.00 Å². The molecule has 0 bridgehead atoms. The second kappa shape index (κ2) is 9.11. The zero-order chi connectivity index (χ0) is 23.7. The number of carbonyl (C=O) groups is 2. The molecule has 4 rings (SSSR count). The minimum absolute atomic E-state index is 0.116. The first-order valence-electron chi connectivity index (χ1n) is 10.3. The number of ether oxygens (including phenoxy) is 1. The van der Waals surface area contributed by atoms with E-state index in [0.717, 1.165) is 6.07 Å². The quantitative estimate of drug-likeness (QED) is 0.751. The fourth-order valence-electron chi connectivity index (χ4n) is 4.00. The Labute approximate surface area is 187 Å². The van der Waals surface area contributed by atoms with Crippen LogP contribution in [-0.4, -0.2) is 70.8 Å². The first-order valence-corrected chi connectivity index (χ1v) is 10.3. The largest absolute Gasteiger partial charge is 0.369 e. The maximum Gasteiger partial charge on any atom is 0.322 e. The monoisotopic (exact) mass is 462 g/mol. The van der Waals surface area contributed by atoms with Crippen LogP contribution in [0.5, 0.6) is 0 Å². The molecule has 174 valence electrons. The first-order chi connectivity index (χ1) is 15.8. The Morgan fingerprint density at radius 2 is 2.18 bits per heavy atom. The van der Waals surface area contributed by atoms with Crippen molar-refractivity contribution in [3.05, 3.63) is 46.5 Å². The molecule has 12 heteroatoms. The van der Waals surface area contributed by atoms with Gasteiger partial charge < -0.3 is 19.9 Å². The number of aromatic nitrogens is 2. The fourth-order valence-corrected chi connectivity index (χ4v) is 4.00. The number of rotatable bonds is 4. The molecular formula is C21H21F3N6O3. The van der Waals surface area contributed by atoms with Crippen LogP contribution in [-0.2, 0) is 24.2 Å². The van der Waals surface area contributed by atoms with Gasteiger partial charge in [0.2, 0.25) is 0 Å². The molecular weight excluding hydrogens is 441 g/mol. The molecule has 33 heavy (non-hydrogen) atoms. The number of hydrogen-bond donors (Lipinski definition) is 1. The number of carbonyl (C=O) groups excluding carboxylic acids is 2.